The second-order valence-electron chi connectivity index (χ2n) is 8.84. The molecule has 4 aromatic rings. The quantitative estimate of drug-likeness (QED) is 0.323. The van der Waals surface area contributed by atoms with E-state index in [1.54, 1.807) is 0 Å². The monoisotopic (exact) mass is 400 g/mol. The van der Waals surface area contributed by atoms with E-state index >= 15 is 0 Å². The lowest BCUT2D eigenvalue weighted by molar-refractivity contribution is 1.13. The molecule has 0 aromatic heterocycles. The van der Waals surface area contributed by atoms with Crippen molar-refractivity contribution in [3.05, 3.63) is 112 Å². The average molecular weight is 401 g/mol. The Labute approximate surface area is 185 Å². The van der Waals surface area contributed by atoms with Gasteiger partial charge < -0.3 is 0 Å². The highest BCUT2D eigenvalue weighted by atomic mass is 14.3. The van der Waals surface area contributed by atoms with Crippen molar-refractivity contribution < 1.29 is 0 Å². The van der Waals surface area contributed by atoms with Gasteiger partial charge in [0, 0.05) is 0 Å². The van der Waals surface area contributed by atoms with Crippen LogP contribution in [0.15, 0.2) is 84.4 Å². The lowest BCUT2D eigenvalue weighted by Crippen LogP contribution is -2.00. The van der Waals surface area contributed by atoms with Gasteiger partial charge in [-0.3, -0.25) is 0 Å². The van der Waals surface area contributed by atoms with E-state index in [9.17, 15) is 0 Å². The second kappa shape index (κ2) is 7.71. The molecule has 0 heterocycles. The van der Waals surface area contributed by atoms with E-state index in [1.165, 1.54) is 66.8 Å². The molecule has 1 aliphatic rings. The molecule has 0 nitrogen and oxygen atoms in total. The molecule has 4 aromatic carbocycles. The Morgan fingerprint density at radius 1 is 0.516 bits per heavy atom. The standard InChI is InChI=1S/C31H28/c1-20-15-29-22(3)21(2)23(4)31(30(29)16-20)28-18-26(24-11-7-5-8-12-24)17-27(19-28)25-13-9-6-10-14-25/h5-14,16-19H,15H2,1-4H3. The number of hydrogen-bond acceptors (Lipinski definition) is 0. The van der Waals surface area contributed by atoms with E-state index in [-0.39, 0.29) is 0 Å². The molecule has 0 spiro atoms. The van der Waals surface area contributed by atoms with Crippen LogP contribution in [0.1, 0.15) is 34.7 Å². The molecule has 0 aliphatic heterocycles. The van der Waals surface area contributed by atoms with Gasteiger partial charge in [0.2, 0.25) is 0 Å². The first kappa shape index (κ1) is 19.6. The molecule has 0 saturated heterocycles. The molecule has 1 aliphatic carbocycles. The van der Waals surface area contributed by atoms with Crippen LogP contribution < -0.4 is 0 Å². The molecular weight excluding hydrogens is 372 g/mol. The van der Waals surface area contributed by atoms with Crippen LogP contribution in [-0.2, 0) is 6.42 Å². The number of fused-ring (bicyclic) bond motifs is 1. The van der Waals surface area contributed by atoms with E-state index in [2.05, 4.69) is 113 Å². The van der Waals surface area contributed by atoms with Gasteiger partial charge in [-0.05, 0) is 114 Å². The molecule has 0 unspecified atom stereocenters. The fourth-order valence-corrected chi connectivity index (χ4v) is 4.95. The second-order valence-corrected chi connectivity index (χ2v) is 8.84. The van der Waals surface area contributed by atoms with Gasteiger partial charge in [-0.15, -0.1) is 0 Å². The van der Waals surface area contributed by atoms with Crippen LogP contribution in [0, 0.1) is 20.8 Å². The van der Waals surface area contributed by atoms with Gasteiger partial charge in [0.25, 0.3) is 0 Å². The Bertz CT molecular complexity index is 1250. The summed E-state index contributed by atoms with van der Waals surface area (Å²) in [6.45, 7) is 9.11. The Kier molecular flexibility index (Phi) is 4.87. The molecule has 0 heteroatoms. The molecular formula is C31H28. The van der Waals surface area contributed by atoms with Crippen LogP contribution in [0.4, 0.5) is 0 Å². The Morgan fingerprint density at radius 2 is 1.03 bits per heavy atom. The maximum atomic E-state index is 2.40. The zero-order valence-electron chi connectivity index (χ0n) is 18.8. The first-order chi connectivity index (χ1) is 15.0. The van der Waals surface area contributed by atoms with Crippen LogP contribution >= 0.6 is 0 Å². The molecule has 0 bridgehead atoms. The van der Waals surface area contributed by atoms with E-state index in [1.807, 2.05) is 0 Å². The van der Waals surface area contributed by atoms with Crippen molar-refractivity contribution in [3.63, 3.8) is 0 Å². The van der Waals surface area contributed by atoms with Crippen molar-refractivity contribution >= 4 is 6.08 Å². The SMILES string of the molecule is CC1=Cc2c(c(C)c(C)c(C)c2-c2cc(-c3ccccc3)cc(-c3ccccc3)c2)C1. The first-order valence-corrected chi connectivity index (χ1v) is 11.1. The third kappa shape index (κ3) is 3.43. The molecule has 0 radical (unpaired) electrons. The summed E-state index contributed by atoms with van der Waals surface area (Å²) >= 11 is 0. The van der Waals surface area contributed by atoms with Crippen molar-refractivity contribution in [1.29, 1.82) is 0 Å². The van der Waals surface area contributed by atoms with Crippen molar-refractivity contribution in [2.24, 2.45) is 0 Å². The Balaban J connectivity index is 1.82. The largest absolute Gasteiger partial charge is 0.0683 e. The maximum Gasteiger partial charge on any atom is -0.00576 e. The maximum absolute atomic E-state index is 2.40. The normalized spacial score (nSPS) is 12.6. The van der Waals surface area contributed by atoms with Crippen LogP contribution in [0.5, 0.6) is 0 Å². The minimum absolute atomic E-state index is 1.07. The van der Waals surface area contributed by atoms with Gasteiger partial charge in [-0.1, -0.05) is 72.3 Å². The Morgan fingerprint density at radius 3 is 1.58 bits per heavy atom. The van der Waals surface area contributed by atoms with Gasteiger partial charge in [-0.2, -0.15) is 0 Å². The van der Waals surface area contributed by atoms with Crippen molar-refractivity contribution in [3.8, 4) is 33.4 Å². The van der Waals surface area contributed by atoms with Crippen LogP contribution in [-0.4, -0.2) is 0 Å². The third-order valence-electron chi connectivity index (χ3n) is 6.83. The molecule has 0 amide bonds. The first-order valence-electron chi connectivity index (χ1n) is 11.1. The summed E-state index contributed by atoms with van der Waals surface area (Å²) < 4.78 is 0. The molecule has 31 heavy (non-hydrogen) atoms. The van der Waals surface area contributed by atoms with Gasteiger partial charge in [-0.25, -0.2) is 0 Å². The number of allylic oxidation sites excluding steroid dienone is 1. The van der Waals surface area contributed by atoms with Crippen LogP contribution in [0.3, 0.4) is 0 Å². The molecule has 0 saturated carbocycles. The zero-order chi connectivity index (χ0) is 21.5. The topological polar surface area (TPSA) is 0 Å². The summed E-state index contributed by atoms with van der Waals surface area (Å²) in [6, 6.07) is 28.5. The zero-order valence-corrected chi connectivity index (χ0v) is 18.8. The Hall–Kier alpha value is -3.38. The molecule has 0 atom stereocenters. The number of benzene rings is 4. The van der Waals surface area contributed by atoms with Crippen LogP contribution in [0.25, 0.3) is 39.5 Å². The van der Waals surface area contributed by atoms with Gasteiger partial charge in [0.05, 0.1) is 0 Å². The summed E-state index contributed by atoms with van der Waals surface area (Å²) in [5.41, 5.74) is 16.4. The minimum Gasteiger partial charge on any atom is -0.0683 e. The lowest BCUT2D eigenvalue weighted by atomic mass is 9.84. The predicted molar refractivity (Wildman–Crippen MR) is 134 cm³/mol. The summed E-state index contributed by atoms with van der Waals surface area (Å²) in [5, 5.41) is 0. The van der Waals surface area contributed by atoms with Crippen molar-refractivity contribution in [2.45, 2.75) is 34.1 Å². The van der Waals surface area contributed by atoms with E-state index in [0.29, 0.717) is 0 Å². The predicted octanol–water partition coefficient (Wildman–Crippen LogP) is 8.57. The summed E-state index contributed by atoms with van der Waals surface area (Å²) in [6.07, 6.45) is 3.47. The molecule has 5 rings (SSSR count). The van der Waals surface area contributed by atoms with E-state index in [4.69, 9.17) is 0 Å². The minimum atomic E-state index is 1.07. The van der Waals surface area contributed by atoms with Gasteiger partial charge >= 0.3 is 0 Å². The summed E-state index contributed by atoms with van der Waals surface area (Å²) in [7, 11) is 0. The van der Waals surface area contributed by atoms with E-state index in [0.717, 1.165) is 6.42 Å². The number of rotatable bonds is 3. The highest BCUT2D eigenvalue weighted by molar-refractivity contribution is 5.89. The van der Waals surface area contributed by atoms with Crippen molar-refractivity contribution in [1.82, 2.24) is 0 Å². The highest BCUT2D eigenvalue weighted by Crippen LogP contribution is 2.42. The highest BCUT2D eigenvalue weighted by Gasteiger charge is 2.22. The van der Waals surface area contributed by atoms with Gasteiger partial charge in [0.1, 0.15) is 0 Å². The number of hydrogen-bond donors (Lipinski definition) is 0. The molecule has 152 valence electrons. The van der Waals surface area contributed by atoms with Crippen molar-refractivity contribution in [2.75, 3.05) is 0 Å². The summed E-state index contributed by atoms with van der Waals surface area (Å²) in [4.78, 5) is 0. The fourth-order valence-electron chi connectivity index (χ4n) is 4.95. The van der Waals surface area contributed by atoms with E-state index < -0.39 is 0 Å². The smallest absolute Gasteiger partial charge is 0.00576 e. The third-order valence-corrected chi connectivity index (χ3v) is 6.83. The summed E-state index contributed by atoms with van der Waals surface area (Å²) in [5.74, 6) is 0. The fraction of sp³-hybridized carbons (Fsp3) is 0.161. The van der Waals surface area contributed by atoms with Crippen LogP contribution in [0.2, 0.25) is 0 Å². The molecule has 0 N–H and O–H groups in total. The lowest BCUT2D eigenvalue weighted by Gasteiger charge is -2.20. The molecule has 0 fully saturated rings. The average Bonchev–Trinajstić information content (AvgIpc) is 3.20. The van der Waals surface area contributed by atoms with Gasteiger partial charge in [0.15, 0.2) is 0 Å².